The van der Waals surface area contributed by atoms with Gasteiger partial charge in [-0.2, -0.15) is 0 Å². The van der Waals surface area contributed by atoms with E-state index in [0.29, 0.717) is 0 Å². The lowest BCUT2D eigenvalue weighted by atomic mass is 10.1. The lowest BCUT2D eigenvalue weighted by Crippen LogP contribution is -2.39. The van der Waals surface area contributed by atoms with Gasteiger partial charge in [0.2, 0.25) is 5.91 Å². The smallest absolute Gasteiger partial charge is 0.318 e. The monoisotopic (exact) mass is 353 g/mol. The van der Waals surface area contributed by atoms with E-state index in [2.05, 4.69) is 10.6 Å². The third kappa shape index (κ3) is 5.09. The molecule has 0 fully saturated rings. The zero-order valence-electron chi connectivity index (χ0n) is 16.0. The van der Waals surface area contributed by atoms with Crippen LogP contribution in [0.15, 0.2) is 48.5 Å². The number of carbonyl (C=O) groups excluding carboxylic acids is 2. The zero-order valence-corrected chi connectivity index (χ0v) is 16.0. The minimum Gasteiger partial charge on any atom is -0.331 e. The van der Waals surface area contributed by atoms with Crippen molar-refractivity contribution in [3.63, 3.8) is 0 Å². The fourth-order valence-corrected chi connectivity index (χ4v) is 2.70. The highest BCUT2D eigenvalue weighted by molar-refractivity contribution is 5.88. The number of carbonyl (C=O) groups is 2. The highest BCUT2D eigenvalue weighted by atomic mass is 16.2. The first-order valence-electron chi connectivity index (χ1n) is 8.75. The highest BCUT2D eigenvalue weighted by Crippen LogP contribution is 2.21. The molecule has 0 saturated heterocycles. The molecule has 0 spiro atoms. The maximum Gasteiger partial charge on any atom is 0.318 e. The summed E-state index contributed by atoms with van der Waals surface area (Å²) in [7, 11) is 1.79. The Kier molecular flexibility index (Phi) is 6.39. The second-order valence-corrected chi connectivity index (χ2v) is 6.68. The van der Waals surface area contributed by atoms with Crippen LogP contribution in [-0.4, -0.2) is 23.9 Å². The largest absolute Gasteiger partial charge is 0.331 e. The van der Waals surface area contributed by atoms with Crippen LogP contribution >= 0.6 is 0 Å². The zero-order chi connectivity index (χ0) is 19.3. The summed E-state index contributed by atoms with van der Waals surface area (Å²) in [6.45, 7) is 7.45. The van der Waals surface area contributed by atoms with Crippen LogP contribution in [0.2, 0.25) is 0 Å². The van der Waals surface area contributed by atoms with E-state index < -0.39 is 0 Å². The first-order valence-corrected chi connectivity index (χ1v) is 8.75. The Morgan fingerprint density at radius 1 is 1.00 bits per heavy atom. The summed E-state index contributed by atoms with van der Waals surface area (Å²) in [6.07, 6.45) is 0. The molecule has 5 heteroatoms. The van der Waals surface area contributed by atoms with Crippen molar-refractivity contribution in [1.29, 1.82) is 0 Å². The fourth-order valence-electron chi connectivity index (χ4n) is 2.70. The number of amides is 3. The first kappa shape index (κ1) is 19.5. The summed E-state index contributed by atoms with van der Waals surface area (Å²) in [4.78, 5) is 25.5. The number of urea groups is 1. The average molecular weight is 353 g/mol. The number of rotatable bonds is 5. The minimum absolute atomic E-state index is 0.0338. The van der Waals surface area contributed by atoms with Crippen LogP contribution in [-0.2, 0) is 4.79 Å². The van der Waals surface area contributed by atoms with Crippen molar-refractivity contribution >= 4 is 17.6 Å². The van der Waals surface area contributed by atoms with Crippen molar-refractivity contribution in [2.45, 2.75) is 39.8 Å². The molecule has 0 aliphatic rings. The van der Waals surface area contributed by atoms with Gasteiger partial charge in [0, 0.05) is 19.7 Å². The van der Waals surface area contributed by atoms with Gasteiger partial charge in [-0.05, 0) is 44.0 Å². The molecule has 2 aromatic carbocycles. The Morgan fingerprint density at radius 3 is 2.27 bits per heavy atom. The maximum absolute atomic E-state index is 12.6. The summed E-state index contributed by atoms with van der Waals surface area (Å²) in [5.41, 5.74) is 3.94. The predicted octanol–water partition coefficient (Wildman–Crippen LogP) is 4.42. The van der Waals surface area contributed by atoms with Gasteiger partial charge in [0.15, 0.2) is 0 Å². The van der Waals surface area contributed by atoms with E-state index in [0.717, 1.165) is 16.8 Å². The van der Waals surface area contributed by atoms with Crippen LogP contribution in [0.4, 0.5) is 10.5 Å². The summed E-state index contributed by atoms with van der Waals surface area (Å²) in [5, 5.41) is 5.77. The van der Waals surface area contributed by atoms with E-state index in [1.165, 1.54) is 12.5 Å². The van der Waals surface area contributed by atoms with Crippen molar-refractivity contribution in [1.82, 2.24) is 10.2 Å². The Bertz CT molecular complexity index is 771. The Hall–Kier alpha value is -2.82. The van der Waals surface area contributed by atoms with Gasteiger partial charge in [0.05, 0.1) is 12.1 Å². The maximum atomic E-state index is 12.6. The van der Waals surface area contributed by atoms with Gasteiger partial charge < -0.3 is 15.5 Å². The van der Waals surface area contributed by atoms with Gasteiger partial charge in [0.25, 0.3) is 0 Å². The molecule has 0 radical (unpaired) electrons. The minimum atomic E-state index is -0.177. The van der Waals surface area contributed by atoms with Crippen molar-refractivity contribution < 1.29 is 9.59 Å². The lowest BCUT2D eigenvalue weighted by molar-refractivity contribution is -0.114. The molecular formula is C21H27N3O2. The van der Waals surface area contributed by atoms with Gasteiger partial charge in [-0.15, -0.1) is 0 Å². The molecule has 2 rings (SSSR count). The highest BCUT2D eigenvalue weighted by Gasteiger charge is 2.19. The third-order valence-electron chi connectivity index (χ3n) is 4.51. The van der Waals surface area contributed by atoms with Crippen molar-refractivity contribution in [2.24, 2.45) is 0 Å². The Morgan fingerprint density at radius 2 is 1.65 bits per heavy atom. The third-order valence-corrected chi connectivity index (χ3v) is 4.51. The molecule has 26 heavy (non-hydrogen) atoms. The molecule has 2 atom stereocenters. The van der Waals surface area contributed by atoms with Gasteiger partial charge in [-0.1, -0.05) is 42.0 Å². The van der Waals surface area contributed by atoms with Crippen LogP contribution in [0.5, 0.6) is 0 Å². The fraction of sp³-hybridized carbons (Fsp3) is 0.333. The van der Waals surface area contributed by atoms with Gasteiger partial charge in [0.1, 0.15) is 0 Å². The van der Waals surface area contributed by atoms with Gasteiger partial charge in [-0.3, -0.25) is 4.79 Å². The molecule has 0 heterocycles. The molecule has 0 saturated carbocycles. The van der Waals surface area contributed by atoms with Gasteiger partial charge >= 0.3 is 6.03 Å². The molecule has 0 aromatic heterocycles. The van der Waals surface area contributed by atoms with Crippen molar-refractivity contribution in [3.8, 4) is 0 Å². The summed E-state index contributed by atoms with van der Waals surface area (Å²) >= 11 is 0. The van der Waals surface area contributed by atoms with Crippen LogP contribution < -0.4 is 10.6 Å². The number of hydrogen-bond acceptors (Lipinski definition) is 2. The molecule has 2 N–H and O–H groups in total. The van der Waals surface area contributed by atoms with Crippen molar-refractivity contribution in [3.05, 3.63) is 65.2 Å². The number of aryl methyl sites for hydroxylation is 1. The average Bonchev–Trinajstić information content (AvgIpc) is 2.60. The summed E-state index contributed by atoms with van der Waals surface area (Å²) < 4.78 is 0. The predicted molar refractivity (Wildman–Crippen MR) is 105 cm³/mol. The van der Waals surface area contributed by atoms with E-state index >= 15 is 0 Å². The van der Waals surface area contributed by atoms with E-state index in [1.807, 2.05) is 69.3 Å². The molecule has 0 aliphatic carbocycles. The molecule has 0 bridgehead atoms. The first-order chi connectivity index (χ1) is 12.3. The number of nitrogens with zero attached hydrogens (tertiary/aromatic N) is 1. The number of nitrogens with one attached hydrogen (secondary N) is 2. The molecule has 0 unspecified atom stereocenters. The lowest BCUT2D eigenvalue weighted by Gasteiger charge is -2.27. The second-order valence-electron chi connectivity index (χ2n) is 6.68. The molecule has 3 amide bonds. The molecule has 2 aromatic rings. The van der Waals surface area contributed by atoms with E-state index in [-0.39, 0.29) is 24.0 Å². The number of hydrogen-bond donors (Lipinski definition) is 2. The van der Waals surface area contributed by atoms with Crippen molar-refractivity contribution in [2.75, 3.05) is 12.4 Å². The number of anilines is 1. The molecule has 138 valence electrons. The standard InChI is InChI=1S/C21H27N3O2/c1-14-9-11-18(12-10-14)16(3)24(5)21(26)22-15(2)19-7-6-8-20(13-19)23-17(4)25/h6-13,15-16H,1-5H3,(H,22,26)(H,23,25)/t15-,16+/m0/s1. The summed E-state index contributed by atoms with van der Waals surface area (Å²) in [6, 6.07) is 15.3. The Balaban J connectivity index is 2.03. The van der Waals surface area contributed by atoms with Crippen LogP contribution in [0.3, 0.4) is 0 Å². The van der Waals surface area contributed by atoms with E-state index in [4.69, 9.17) is 0 Å². The summed E-state index contributed by atoms with van der Waals surface area (Å²) in [5.74, 6) is -0.120. The Labute approximate surface area is 155 Å². The molecular weight excluding hydrogens is 326 g/mol. The SMILES string of the molecule is CC(=O)Nc1cccc([C@H](C)NC(=O)N(C)[C@H](C)c2ccc(C)cc2)c1. The van der Waals surface area contributed by atoms with Crippen LogP contribution in [0.25, 0.3) is 0 Å². The van der Waals surface area contributed by atoms with E-state index in [1.54, 1.807) is 11.9 Å². The second kappa shape index (κ2) is 8.52. The quantitative estimate of drug-likeness (QED) is 0.836. The molecule has 5 nitrogen and oxygen atoms in total. The van der Waals surface area contributed by atoms with Crippen LogP contribution in [0.1, 0.15) is 49.5 Å². The van der Waals surface area contributed by atoms with E-state index in [9.17, 15) is 9.59 Å². The topological polar surface area (TPSA) is 61.4 Å². The normalized spacial score (nSPS) is 12.8. The van der Waals surface area contributed by atoms with Gasteiger partial charge in [-0.25, -0.2) is 4.79 Å². The van der Waals surface area contributed by atoms with Crippen LogP contribution in [0, 0.1) is 6.92 Å². The number of benzene rings is 2. The molecule has 0 aliphatic heterocycles.